The van der Waals surface area contributed by atoms with Gasteiger partial charge in [-0.05, 0) is 99.5 Å². The van der Waals surface area contributed by atoms with Crippen LogP contribution in [0.4, 0.5) is 0 Å². The number of aryl methyl sites for hydroxylation is 2. The molecule has 0 unspecified atom stereocenters. The van der Waals surface area contributed by atoms with Gasteiger partial charge in [0.15, 0.2) is 0 Å². The molecule has 2 aliphatic rings. The maximum absolute atomic E-state index is 6.13. The highest BCUT2D eigenvalue weighted by Gasteiger charge is 2.27. The summed E-state index contributed by atoms with van der Waals surface area (Å²) in [5.74, 6) is 1.98. The van der Waals surface area contributed by atoms with Crippen molar-refractivity contribution in [2.24, 2.45) is 5.92 Å². The molecule has 2 aromatic carbocycles. The summed E-state index contributed by atoms with van der Waals surface area (Å²) in [6, 6.07) is 13.7. The summed E-state index contributed by atoms with van der Waals surface area (Å²) in [5, 5.41) is 0.792. The van der Waals surface area contributed by atoms with E-state index in [-0.39, 0.29) is 0 Å². The van der Waals surface area contributed by atoms with Crippen molar-refractivity contribution in [1.29, 1.82) is 0 Å². The molecule has 32 heavy (non-hydrogen) atoms. The number of hydrogen-bond acceptors (Lipinski definition) is 2. The highest BCUT2D eigenvalue weighted by atomic mass is 35.5. The Kier molecular flexibility index (Phi) is 6.57. The molecule has 0 amide bonds. The monoisotopic (exact) mass is 449 g/mol. The van der Waals surface area contributed by atoms with Crippen molar-refractivity contribution in [3.05, 3.63) is 63.9 Å². The van der Waals surface area contributed by atoms with Crippen molar-refractivity contribution < 1.29 is 0 Å². The number of rotatable bonds is 5. The van der Waals surface area contributed by atoms with E-state index in [4.69, 9.17) is 16.6 Å². The molecule has 0 spiro atoms. The second-order valence-electron chi connectivity index (χ2n) is 10.1. The van der Waals surface area contributed by atoms with Gasteiger partial charge in [0.2, 0.25) is 0 Å². The van der Waals surface area contributed by atoms with Crippen molar-refractivity contribution in [3.63, 3.8) is 0 Å². The molecule has 0 atom stereocenters. The molecule has 1 aliphatic heterocycles. The third kappa shape index (κ3) is 4.75. The molecule has 1 saturated carbocycles. The maximum atomic E-state index is 6.13. The molecule has 1 aromatic heterocycles. The van der Waals surface area contributed by atoms with Gasteiger partial charge in [-0.2, -0.15) is 0 Å². The first-order valence-electron chi connectivity index (χ1n) is 12.5. The molecule has 5 rings (SSSR count). The second-order valence-corrected chi connectivity index (χ2v) is 10.6. The van der Waals surface area contributed by atoms with E-state index in [0.717, 1.165) is 35.5 Å². The Bertz CT molecular complexity index is 1050. The fourth-order valence-electron chi connectivity index (χ4n) is 5.76. The standard InChI is InChI=1S/C28H36ClN3/c1-20-16-26-27(17-21(20)2)32(19-23-8-10-24(29)11-9-23)28(30-26)18-22-12-14-31(15-13-22)25-6-4-3-5-7-25/h8-11,16-17,22,25H,3-7,12-15,18-19H2,1-2H3. The molecule has 170 valence electrons. The summed E-state index contributed by atoms with van der Waals surface area (Å²) < 4.78 is 2.46. The lowest BCUT2D eigenvalue weighted by atomic mass is 9.88. The van der Waals surface area contributed by atoms with E-state index in [0.29, 0.717) is 0 Å². The van der Waals surface area contributed by atoms with E-state index in [9.17, 15) is 0 Å². The molecule has 1 saturated heterocycles. The molecule has 3 aromatic rings. The third-order valence-electron chi connectivity index (χ3n) is 7.91. The number of imidazole rings is 1. The van der Waals surface area contributed by atoms with Crippen molar-refractivity contribution in [2.75, 3.05) is 13.1 Å². The fraction of sp³-hybridized carbons (Fsp3) is 0.536. The number of benzene rings is 2. The van der Waals surface area contributed by atoms with Crippen LogP contribution in [0.25, 0.3) is 11.0 Å². The van der Waals surface area contributed by atoms with Crippen LogP contribution in [-0.2, 0) is 13.0 Å². The minimum Gasteiger partial charge on any atom is -0.323 e. The van der Waals surface area contributed by atoms with E-state index < -0.39 is 0 Å². The van der Waals surface area contributed by atoms with Crippen LogP contribution in [0.2, 0.25) is 5.02 Å². The first-order chi connectivity index (χ1) is 15.6. The quantitative estimate of drug-likeness (QED) is 0.420. The van der Waals surface area contributed by atoms with Gasteiger partial charge < -0.3 is 9.47 Å². The fourth-order valence-corrected chi connectivity index (χ4v) is 5.89. The lowest BCUT2D eigenvalue weighted by Gasteiger charge is -2.39. The highest BCUT2D eigenvalue weighted by molar-refractivity contribution is 6.30. The summed E-state index contributed by atoms with van der Waals surface area (Å²) >= 11 is 6.13. The molecule has 2 fully saturated rings. The minimum atomic E-state index is 0.734. The van der Waals surface area contributed by atoms with Crippen molar-refractivity contribution in [3.8, 4) is 0 Å². The zero-order chi connectivity index (χ0) is 22.1. The molecule has 0 radical (unpaired) electrons. The number of fused-ring (bicyclic) bond motifs is 1. The summed E-state index contributed by atoms with van der Waals surface area (Å²) in [4.78, 5) is 7.95. The van der Waals surface area contributed by atoms with Gasteiger partial charge in [-0.15, -0.1) is 0 Å². The Morgan fingerprint density at radius 3 is 2.31 bits per heavy atom. The van der Waals surface area contributed by atoms with Crippen LogP contribution in [0.5, 0.6) is 0 Å². The maximum Gasteiger partial charge on any atom is 0.110 e. The molecule has 2 heterocycles. The summed E-state index contributed by atoms with van der Waals surface area (Å²) in [7, 11) is 0. The predicted molar refractivity (Wildman–Crippen MR) is 135 cm³/mol. The molecule has 0 bridgehead atoms. The number of nitrogens with zero attached hydrogens (tertiary/aromatic N) is 3. The minimum absolute atomic E-state index is 0.734. The number of aromatic nitrogens is 2. The summed E-state index contributed by atoms with van der Waals surface area (Å²) in [6.07, 6.45) is 10.8. The van der Waals surface area contributed by atoms with Crippen LogP contribution in [0.15, 0.2) is 36.4 Å². The molecular formula is C28H36ClN3. The van der Waals surface area contributed by atoms with Crippen molar-refractivity contribution in [1.82, 2.24) is 14.5 Å². The van der Waals surface area contributed by atoms with Crippen LogP contribution < -0.4 is 0 Å². The zero-order valence-electron chi connectivity index (χ0n) is 19.6. The largest absolute Gasteiger partial charge is 0.323 e. The Balaban J connectivity index is 1.36. The molecule has 3 nitrogen and oxygen atoms in total. The molecule has 1 aliphatic carbocycles. The predicted octanol–water partition coefficient (Wildman–Crippen LogP) is 6.94. The zero-order valence-corrected chi connectivity index (χ0v) is 20.4. The van der Waals surface area contributed by atoms with Gasteiger partial charge in [-0.3, -0.25) is 0 Å². The highest BCUT2D eigenvalue weighted by Crippen LogP contribution is 2.30. The van der Waals surface area contributed by atoms with Gasteiger partial charge in [0.05, 0.1) is 11.0 Å². The average molecular weight is 450 g/mol. The van der Waals surface area contributed by atoms with Crippen molar-refractivity contribution >= 4 is 22.6 Å². The van der Waals surface area contributed by atoms with E-state index in [1.165, 1.54) is 86.1 Å². The van der Waals surface area contributed by atoms with E-state index in [1.807, 2.05) is 12.1 Å². The van der Waals surface area contributed by atoms with Gasteiger partial charge in [0.1, 0.15) is 5.82 Å². The lowest BCUT2D eigenvalue weighted by Crippen LogP contribution is -2.42. The number of piperidine rings is 1. The topological polar surface area (TPSA) is 21.1 Å². The van der Waals surface area contributed by atoms with E-state index in [1.54, 1.807) is 0 Å². The third-order valence-corrected chi connectivity index (χ3v) is 8.16. The lowest BCUT2D eigenvalue weighted by molar-refractivity contribution is 0.106. The average Bonchev–Trinajstić information content (AvgIpc) is 3.12. The van der Waals surface area contributed by atoms with E-state index >= 15 is 0 Å². The smallest absolute Gasteiger partial charge is 0.110 e. The Labute approximate surface area is 197 Å². The normalized spacial score (nSPS) is 19.1. The number of hydrogen-bond donors (Lipinski definition) is 0. The number of halogens is 1. The molecule has 4 heteroatoms. The second kappa shape index (κ2) is 9.57. The van der Waals surface area contributed by atoms with Gasteiger partial charge in [0, 0.05) is 24.0 Å². The molecular weight excluding hydrogens is 414 g/mol. The van der Waals surface area contributed by atoms with E-state index in [2.05, 4.69) is 47.6 Å². The molecule has 0 N–H and O–H groups in total. The van der Waals surface area contributed by atoms with Crippen LogP contribution >= 0.6 is 11.6 Å². The van der Waals surface area contributed by atoms with Gasteiger partial charge >= 0.3 is 0 Å². The number of likely N-dealkylation sites (tertiary alicyclic amines) is 1. The summed E-state index contributed by atoms with van der Waals surface area (Å²) in [6.45, 7) is 7.78. The SMILES string of the molecule is Cc1cc2nc(CC3CCN(C4CCCCC4)CC3)n(Cc3ccc(Cl)cc3)c2cc1C. The van der Waals surface area contributed by atoms with Crippen LogP contribution in [0.3, 0.4) is 0 Å². The Morgan fingerprint density at radius 2 is 1.59 bits per heavy atom. The van der Waals surface area contributed by atoms with Gasteiger partial charge in [-0.1, -0.05) is 43.0 Å². The summed E-state index contributed by atoms with van der Waals surface area (Å²) in [5.41, 5.74) is 6.33. The first-order valence-corrected chi connectivity index (χ1v) is 12.9. The first kappa shape index (κ1) is 22.0. The van der Waals surface area contributed by atoms with Crippen LogP contribution in [0.1, 0.15) is 67.5 Å². The van der Waals surface area contributed by atoms with Crippen LogP contribution in [-0.4, -0.2) is 33.6 Å². The Morgan fingerprint density at radius 1 is 0.906 bits per heavy atom. The van der Waals surface area contributed by atoms with Crippen molar-refractivity contribution in [2.45, 2.75) is 77.8 Å². The van der Waals surface area contributed by atoms with Gasteiger partial charge in [0.25, 0.3) is 0 Å². The van der Waals surface area contributed by atoms with Crippen LogP contribution in [0, 0.1) is 19.8 Å². The van der Waals surface area contributed by atoms with Gasteiger partial charge in [-0.25, -0.2) is 4.98 Å². The Hall–Kier alpha value is -1.84.